The normalized spacial score (nSPS) is 21.6. The zero-order valence-corrected chi connectivity index (χ0v) is 14.7. The van der Waals surface area contributed by atoms with Crippen LogP contribution in [0, 0.1) is 11.8 Å². The first-order valence-electron chi connectivity index (χ1n) is 8.74. The van der Waals surface area contributed by atoms with Gasteiger partial charge in [0.05, 0.1) is 7.11 Å². The molecular weight excluding hydrogens is 308 g/mol. The van der Waals surface area contributed by atoms with Gasteiger partial charge in [-0.1, -0.05) is 42.2 Å². The molecule has 3 rings (SSSR count). The molecule has 1 N–H and O–H groups in total. The van der Waals surface area contributed by atoms with Crippen molar-refractivity contribution in [2.75, 3.05) is 7.11 Å². The number of allylic oxidation sites excluding steroid dienone is 1. The Labute approximate surface area is 150 Å². The monoisotopic (exact) mass is 332 g/mol. The standard InChI is InChI=1S/C23H24O2/c1-3-4-10-22-21-12-11-20(25-2)17-19(21)14-16-23(22,24)15-13-18-8-6-5-7-9-18/h3,5-9,11-12,17,22,24H,1,4,10,14,16H2,2H3/t22-,23+/m1/s1. The second-order valence-corrected chi connectivity index (χ2v) is 6.52. The van der Waals surface area contributed by atoms with Crippen molar-refractivity contribution in [3.8, 4) is 17.6 Å². The molecule has 0 heterocycles. The van der Waals surface area contributed by atoms with E-state index in [4.69, 9.17) is 4.74 Å². The molecule has 2 nitrogen and oxygen atoms in total. The molecule has 25 heavy (non-hydrogen) atoms. The summed E-state index contributed by atoms with van der Waals surface area (Å²) in [7, 11) is 1.68. The fourth-order valence-corrected chi connectivity index (χ4v) is 3.55. The topological polar surface area (TPSA) is 29.5 Å². The van der Waals surface area contributed by atoms with Gasteiger partial charge in [0.15, 0.2) is 0 Å². The van der Waals surface area contributed by atoms with E-state index in [0.29, 0.717) is 6.42 Å². The summed E-state index contributed by atoms with van der Waals surface area (Å²) in [5, 5.41) is 11.4. The number of aliphatic hydroxyl groups is 1. The summed E-state index contributed by atoms with van der Waals surface area (Å²) in [5.74, 6) is 7.19. The van der Waals surface area contributed by atoms with Crippen LogP contribution in [0.2, 0.25) is 0 Å². The SMILES string of the molecule is C=CCC[C@@H]1c2ccc(OC)cc2CC[C@@]1(O)C#Cc1ccccc1. The number of hydrogen-bond donors (Lipinski definition) is 1. The average molecular weight is 332 g/mol. The quantitative estimate of drug-likeness (QED) is 0.661. The number of hydrogen-bond acceptors (Lipinski definition) is 2. The van der Waals surface area contributed by atoms with Crippen molar-refractivity contribution >= 4 is 0 Å². The fourth-order valence-electron chi connectivity index (χ4n) is 3.55. The van der Waals surface area contributed by atoms with E-state index < -0.39 is 5.60 Å². The minimum Gasteiger partial charge on any atom is -0.497 e. The predicted octanol–water partition coefficient (Wildman–Crippen LogP) is 4.47. The van der Waals surface area contributed by atoms with Gasteiger partial charge in [0, 0.05) is 11.5 Å². The lowest BCUT2D eigenvalue weighted by molar-refractivity contribution is 0.0518. The van der Waals surface area contributed by atoms with Gasteiger partial charge >= 0.3 is 0 Å². The Morgan fingerprint density at radius 1 is 1.28 bits per heavy atom. The lowest BCUT2D eigenvalue weighted by atomic mass is 9.70. The largest absolute Gasteiger partial charge is 0.497 e. The van der Waals surface area contributed by atoms with Crippen LogP contribution in [0.5, 0.6) is 5.75 Å². The Kier molecular flexibility index (Phi) is 5.26. The summed E-state index contributed by atoms with van der Waals surface area (Å²) < 4.78 is 5.35. The van der Waals surface area contributed by atoms with E-state index in [1.807, 2.05) is 42.5 Å². The van der Waals surface area contributed by atoms with Crippen LogP contribution in [0.1, 0.15) is 41.9 Å². The van der Waals surface area contributed by atoms with Gasteiger partial charge in [0.1, 0.15) is 11.4 Å². The van der Waals surface area contributed by atoms with Crippen molar-refractivity contribution in [3.05, 3.63) is 77.9 Å². The Morgan fingerprint density at radius 2 is 2.08 bits per heavy atom. The molecule has 0 fully saturated rings. The number of fused-ring (bicyclic) bond motifs is 1. The molecule has 2 aromatic rings. The summed E-state index contributed by atoms with van der Waals surface area (Å²) in [6.45, 7) is 3.83. The summed E-state index contributed by atoms with van der Waals surface area (Å²) >= 11 is 0. The van der Waals surface area contributed by atoms with Crippen molar-refractivity contribution < 1.29 is 9.84 Å². The summed E-state index contributed by atoms with van der Waals surface area (Å²) in [4.78, 5) is 0. The predicted molar refractivity (Wildman–Crippen MR) is 102 cm³/mol. The fraction of sp³-hybridized carbons (Fsp3) is 0.304. The molecule has 2 aromatic carbocycles. The third-order valence-electron chi connectivity index (χ3n) is 4.93. The van der Waals surface area contributed by atoms with E-state index in [0.717, 1.165) is 30.6 Å². The molecule has 0 spiro atoms. The van der Waals surface area contributed by atoms with E-state index in [2.05, 4.69) is 30.6 Å². The van der Waals surface area contributed by atoms with Crippen molar-refractivity contribution in [1.29, 1.82) is 0 Å². The van der Waals surface area contributed by atoms with Crippen molar-refractivity contribution in [3.63, 3.8) is 0 Å². The van der Waals surface area contributed by atoms with Crippen LogP contribution in [-0.4, -0.2) is 17.8 Å². The van der Waals surface area contributed by atoms with E-state index >= 15 is 0 Å². The van der Waals surface area contributed by atoms with Crippen LogP contribution < -0.4 is 4.74 Å². The highest BCUT2D eigenvalue weighted by Gasteiger charge is 2.40. The first kappa shape index (κ1) is 17.3. The highest BCUT2D eigenvalue weighted by Crippen LogP contribution is 2.43. The zero-order chi connectivity index (χ0) is 17.7. The molecule has 128 valence electrons. The molecule has 0 aromatic heterocycles. The molecular formula is C23H24O2. The smallest absolute Gasteiger partial charge is 0.133 e. The molecule has 0 unspecified atom stereocenters. The third kappa shape index (κ3) is 3.78. The van der Waals surface area contributed by atoms with Gasteiger partial charge in [-0.2, -0.15) is 0 Å². The molecule has 0 bridgehead atoms. The maximum Gasteiger partial charge on any atom is 0.133 e. The van der Waals surface area contributed by atoms with Crippen LogP contribution in [0.3, 0.4) is 0 Å². The molecule has 0 saturated carbocycles. The molecule has 0 radical (unpaired) electrons. The number of ether oxygens (including phenoxy) is 1. The third-order valence-corrected chi connectivity index (χ3v) is 4.93. The molecule has 0 aliphatic heterocycles. The van der Waals surface area contributed by atoms with Gasteiger partial charge in [-0.3, -0.25) is 0 Å². The summed E-state index contributed by atoms with van der Waals surface area (Å²) in [5.41, 5.74) is 2.35. The maximum absolute atomic E-state index is 11.4. The molecule has 0 amide bonds. The van der Waals surface area contributed by atoms with Crippen LogP contribution >= 0.6 is 0 Å². The van der Waals surface area contributed by atoms with Crippen LogP contribution in [-0.2, 0) is 6.42 Å². The van der Waals surface area contributed by atoms with E-state index in [9.17, 15) is 5.11 Å². The summed E-state index contributed by atoms with van der Waals surface area (Å²) in [6.07, 6.45) is 5.03. The lowest BCUT2D eigenvalue weighted by Gasteiger charge is -2.38. The minimum atomic E-state index is -1.01. The van der Waals surface area contributed by atoms with Gasteiger partial charge in [-0.05, 0) is 61.1 Å². The van der Waals surface area contributed by atoms with Gasteiger partial charge < -0.3 is 9.84 Å². The van der Waals surface area contributed by atoms with Crippen LogP contribution in [0.4, 0.5) is 0 Å². The second-order valence-electron chi connectivity index (χ2n) is 6.52. The zero-order valence-electron chi connectivity index (χ0n) is 14.7. The van der Waals surface area contributed by atoms with Gasteiger partial charge in [0.25, 0.3) is 0 Å². The second kappa shape index (κ2) is 7.59. The maximum atomic E-state index is 11.4. The van der Waals surface area contributed by atoms with E-state index in [1.165, 1.54) is 11.1 Å². The Balaban J connectivity index is 1.97. The van der Waals surface area contributed by atoms with E-state index in [1.54, 1.807) is 7.11 Å². The van der Waals surface area contributed by atoms with Crippen molar-refractivity contribution in [2.45, 2.75) is 37.2 Å². The van der Waals surface area contributed by atoms with Crippen molar-refractivity contribution in [2.24, 2.45) is 0 Å². The van der Waals surface area contributed by atoms with Gasteiger partial charge in [0.2, 0.25) is 0 Å². The molecule has 1 aliphatic rings. The summed E-state index contributed by atoms with van der Waals surface area (Å²) in [6, 6.07) is 16.0. The first-order chi connectivity index (χ1) is 12.2. The molecule has 2 heteroatoms. The lowest BCUT2D eigenvalue weighted by Crippen LogP contribution is -2.39. The van der Waals surface area contributed by atoms with Crippen LogP contribution in [0.25, 0.3) is 0 Å². The Morgan fingerprint density at radius 3 is 2.80 bits per heavy atom. The Bertz CT molecular complexity index is 798. The highest BCUT2D eigenvalue weighted by molar-refractivity contribution is 5.45. The Hall–Kier alpha value is -2.50. The number of rotatable bonds is 4. The van der Waals surface area contributed by atoms with Gasteiger partial charge in [-0.15, -0.1) is 6.58 Å². The van der Waals surface area contributed by atoms with Crippen molar-refractivity contribution in [1.82, 2.24) is 0 Å². The minimum absolute atomic E-state index is 0.0173. The first-order valence-corrected chi connectivity index (χ1v) is 8.74. The highest BCUT2D eigenvalue weighted by atomic mass is 16.5. The number of methoxy groups -OCH3 is 1. The average Bonchev–Trinajstić information content (AvgIpc) is 2.66. The van der Waals surface area contributed by atoms with Gasteiger partial charge in [-0.25, -0.2) is 0 Å². The van der Waals surface area contributed by atoms with Crippen LogP contribution in [0.15, 0.2) is 61.2 Å². The molecule has 2 atom stereocenters. The number of benzene rings is 2. The van der Waals surface area contributed by atoms with E-state index in [-0.39, 0.29) is 5.92 Å². The molecule has 0 saturated heterocycles. The molecule has 1 aliphatic carbocycles. The number of aryl methyl sites for hydroxylation is 1.